The second-order valence-corrected chi connectivity index (χ2v) is 9.27. The van der Waals surface area contributed by atoms with Crippen LogP contribution in [0.25, 0.3) is 0 Å². The smallest absolute Gasteiger partial charge is 0.254 e. The Morgan fingerprint density at radius 2 is 1.50 bits per heavy atom. The highest BCUT2D eigenvalue weighted by Crippen LogP contribution is 2.28. The molecule has 0 saturated carbocycles. The van der Waals surface area contributed by atoms with Crippen LogP contribution in [0.5, 0.6) is 11.5 Å². The minimum Gasteiger partial charge on any atom is -0.497 e. The van der Waals surface area contributed by atoms with Crippen LogP contribution in [0.15, 0.2) is 42.5 Å². The molecule has 2 aromatic carbocycles. The van der Waals surface area contributed by atoms with Crippen LogP contribution in [0, 0.1) is 17.7 Å². The number of ether oxygens (including phenoxy) is 2. The van der Waals surface area contributed by atoms with E-state index in [0.29, 0.717) is 48.9 Å². The highest BCUT2D eigenvalue weighted by molar-refractivity contribution is 5.95. The van der Waals surface area contributed by atoms with Gasteiger partial charge in [-0.15, -0.1) is 0 Å². The SMILES string of the molecule is COc1cc(OC)cc(C(=O)N2CCC(C(=O)N3CCC(Cc4cccc(F)c4)CC3)CC2)c1. The minimum absolute atomic E-state index is 0.0383. The zero-order valence-corrected chi connectivity index (χ0v) is 20.0. The normalized spacial score (nSPS) is 17.5. The van der Waals surface area contributed by atoms with Crippen LogP contribution in [-0.2, 0) is 11.2 Å². The first-order valence-corrected chi connectivity index (χ1v) is 12.0. The van der Waals surface area contributed by atoms with Gasteiger partial charge < -0.3 is 19.3 Å². The Labute approximate surface area is 200 Å². The van der Waals surface area contributed by atoms with Crippen molar-refractivity contribution >= 4 is 11.8 Å². The lowest BCUT2D eigenvalue weighted by Crippen LogP contribution is -2.46. The van der Waals surface area contributed by atoms with Gasteiger partial charge in [-0.2, -0.15) is 0 Å². The van der Waals surface area contributed by atoms with Crippen LogP contribution in [0.4, 0.5) is 4.39 Å². The fourth-order valence-corrected chi connectivity index (χ4v) is 5.06. The molecule has 2 heterocycles. The summed E-state index contributed by atoms with van der Waals surface area (Å²) in [5.41, 5.74) is 1.55. The number of methoxy groups -OCH3 is 2. The maximum atomic E-state index is 13.4. The van der Waals surface area contributed by atoms with E-state index in [2.05, 4.69) is 0 Å². The number of amides is 2. The number of nitrogens with zero attached hydrogens (tertiary/aromatic N) is 2. The summed E-state index contributed by atoms with van der Waals surface area (Å²) in [6.07, 6.45) is 4.09. The maximum Gasteiger partial charge on any atom is 0.254 e. The van der Waals surface area contributed by atoms with E-state index in [-0.39, 0.29) is 23.5 Å². The van der Waals surface area contributed by atoms with Gasteiger partial charge in [-0.3, -0.25) is 9.59 Å². The predicted molar refractivity (Wildman–Crippen MR) is 128 cm³/mol. The number of hydrogen-bond acceptors (Lipinski definition) is 4. The molecule has 6 nitrogen and oxygen atoms in total. The molecule has 182 valence electrons. The number of carbonyl (C=O) groups is 2. The van der Waals surface area contributed by atoms with Gasteiger partial charge in [-0.1, -0.05) is 12.1 Å². The number of piperidine rings is 2. The molecule has 0 N–H and O–H groups in total. The molecule has 2 saturated heterocycles. The third kappa shape index (κ3) is 5.69. The van der Waals surface area contributed by atoms with E-state index in [1.165, 1.54) is 6.07 Å². The van der Waals surface area contributed by atoms with Crippen LogP contribution in [0.1, 0.15) is 41.6 Å². The van der Waals surface area contributed by atoms with Crippen molar-refractivity contribution in [2.24, 2.45) is 11.8 Å². The molecule has 0 aliphatic carbocycles. The molecule has 2 fully saturated rings. The first kappa shape index (κ1) is 24.0. The Hall–Kier alpha value is -3.09. The number of halogens is 1. The first-order valence-electron chi connectivity index (χ1n) is 12.0. The van der Waals surface area contributed by atoms with Gasteiger partial charge in [0.25, 0.3) is 5.91 Å². The summed E-state index contributed by atoms with van der Waals surface area (Å²) in [5.74, 6) is 1.54. The Balaban J connectivity index is 1.26. The number of likely N-dealkylation sites (tertiary alicyclic amines) is 2. The Morgan fingerprint density at radius 3 is 2.09 bits per heavy atom. The quantitative estimate of drug-likeness (QED) is 0.638. The van der Waals surface area contributed by atoms with Gasteiger partial charge in [0.05, 0.1) is 14.2 Å². The molecule has 2 amide bonds. The summed E-state index contributed by atoms with van der Waals surface area (Å²) in [6.45, 7) is 2.62. The van der Waals surface area contributed by atoms with Crippen LogP contribution in [0.2, 0.25) is 0 Å². The van der Waals surface area contributed by atoms with E-state index in [0.717, 1.165) is 37.9 Å². The molecule has 0 radical (unpaired) electrons. The number of carbonyl (C=O) groups excluding carboxylic acids is 2. The molecule has 7 heteroatoms. The van der Waals surface area contributed by atoms with E-state index in [9.17, 15) is 14.0 Å². The van der Waals surface area contributed by atoms with Crippen LogP contribution >= 0.6 is 0 Å². The lowest BCUT2D eigenvalue weighted by Gasteiger charge is -2.37. The number of hydrogen-bond donors (Lipinski definition) is 0. The van der Waals surface area contributed by atoms with Gasteiger partial charge in [0, 0.05) is 43.7 Å². The first-order chi connectivity index (χ1) is 16.5. The number of benzene rings is 2. The fourth-order valence-electron chi connectivity index (χ4n) is 5.06. The summed E-state index contributed by atoms with van der Waals surface area (Å²) in [6, 6.07) is 12.0. The molecule has 34 heavy (non-hydrogen) atoms. The van der Waals surface area contributed by atoms with Crippen molar-refractivity contribution < 1.29 is 23.5 Å². The van der Waals surface area contributed by atoms with Crippen molar-refractivity contribution in [2.45, 2.75) is 32.1 Å². The lowest BCUT2D eigenvalue weighted by molar-refractivity contribution is -0.138. The van der Waals surface area contributed by atoms with Crippen LogP contribution in [-0.4, -0.2) is 62.0 Å². The predicted octanol–water partition coefficient (Wildman–Crippen LogP) is 4.18. The third-order valence-corrected chi connectivity index (χ3v) is 7.07. The van der Waals surface area contributed by atoms with Crippen molar-refractivity contribution in [3.63, 3.8) is 0 Å². The summed E-state index contributed by atoms with van der Waals surface area (Å²) in [7, 11) is 3.12. The van der Waals surface area contributed by atoms with E-state index >= 15 is 0 Å². The molecule has 0 aromatic heterocycles. The van der Waals surface area contributed by atoms with Crippen molar-refractivity contribution in [1.82, 2.24) is 9.80 Å². The molecule has 0 unspecified atom stereocenters. The molecular weight excluding hydrogens is 435 g/mol. The van der Waals surface area contributed by atoms with Gasteiger partial charge in [-0.25, -0.2) is 4.39 Å². The van der Waals surface area contributed by atoms with Crippen LogP contribution < -0.4 is 9.47 Å². The largest absolute Gasteiger partial charge is 0.497 e. The second-order valence-electron chi connectivity index (χ2n) is 9.27. The minimum atomic E-state index is -0.194. The van der Waals surface area contributed by atoms with Gasteiger partial charge in [0.2, 0.25) is 5.91 Å². The van der Waals surface area contributed by atoms with Gasteiger partial charge in [-0.05, 0) is 67.9 Å². The summed E-state index contributed by atoms with van der Waals surface area (Å²) >= 11 is 0. The van der Waals surface area contributed by atoms with Gasteiger partial charge >= 0.3 is 0 Å². The third-order valence-electron chi connectivity index (χ3n) is 7.07. The summed E-state index contributed by atoms with van der Waals surface area (Å²) < 4.78 is 24.0. The zero-order chi connectivity index (χ0) is 24.1. The van der Waals surface area contributed by atoms with E-state index < -0.39 is 0 Å². The molecule has 2 aliphatic rings. The highest BCUT2D eigenvalue weighted by Gasteiger charge is 2.32. The average Bonchev–Trinajstić information content (AvgIpc) is 2.88. The van der Waals surface area contributed by atoms with Crippen LogP contribution in [0.3, 0.4) is 0 Å². The molecule has 2 aromatic rings. The second kappa shape index (κ2) is 10.9. The summed E-state index contributed by atoms with van der Waals surface area (Å²) in [5, 5.41) is 0. The average molecular weight is 469 g/mol. The standard InChI is InChI=1S/C27H33FN2O4/c1-33-24-16-22(17-25(18-24)34-2)27(32)30-12-8-21(9-13-30)26(31)29-10-6-19(7-11-29)14-20-4-3-5-23(28)15-20/h3-5,15-19,21H,6-14H2,1-2H3. The Kier molecular flexibility index (Phi) is 7.70. The molecule has 0 bridgehead atoms. The Morgan fingerprint density at radius 1 is 0.882 bits per heavy atom. The molecular formula is C27H33FN2O4. The molecule has 0 spiro atoms. The highest BCUT2D eigenvalue weighted by atomic mass is 19.1. The van der Waals surface area contributed by atoms with E-state index in [4.69, 9.17) is 9.47 Å². The van der Waals surface area contributed by atoms with Crippen molar-refractivity contribution in [3.8, 4) is 11.5 Å². The topological polar surface area (TPSA) is 59.1 Å². The van der Waals surface area contributed by atoms with Crippen molar-refractivity contribution in [2.75, 3.05) is 40.4 Å². The van der Waals surface area contributed by atoms with E-state index in [1.807, 2.05) is 15.9 Å². The van der Waals surface area contributed by atoms with E-state index in [1.54, 1.807) is 44.6 Å². The zero-order valence-electron chi connectivity index (χ0n) is 20.0. The number of rotatable bonds is 6. The summed E-state index contributed by atoms with van der Waals surface area (Å²) in [4.78, 5) is 29.9. The monoisotopic (exact) mass is 468 g/mol. The Bertz CT molecular complexity index is 989. The lowest BCUT2D eigenvalue weighted by atomic mass is 9.88. The maximum absolute atomic E-state index is 13.4. The fraction of sp³-hybridized carbons (Fsp3) is 0.481. The molecule has 2 aliphatic heterocycles. The van der Waals surface area contributed by atoms with Crippen molar-refractivity contribution in [1.29, 1.82) is 0 Å². The van der Waals surface area contributed by atoms with Gasteiger partial charge in [0.1, 0.15) is 17.3 Å². The molecule has 0 atom stereocenters. The van der Waals surface area contributed by atoms with Crippen molar-refractivity contribution in [3.05, 3.63) is 59.4 Å². The van der Waals surface area contributed by atoms with Gasteiger partial charge in [0.15, 0.2) is 0 Å². The molecule has 4 rings (SSSR count).